The van der Waals surface area contributed by atoms with E-state index in [1.807, 2.05) is 65.6 Å². The van der Waals surface area contributed by atoms with Crippen molar-refractivity contribution in [2.45, 2.75) is 19.3 Å². The summed E-state index contributed by atoms with van der Waals surface area (Å²) in [4.78, 5) is 19.2. The van der Waals surface area contributed by atoms with Crippen molar-refractivity contribution in [3.8, 4) is 11.5 Å². The van der Waals surface area contributed by atoms with Crippen LogP contribution in [0.1, 0.15) is 29.6 Å². The van der Waals surface area contributed by atoms with Crippen molar-refractivity contribution in [3.05, 3.63) is 78.5 Å². The van der Waals surface area contributed by atoms with Crippen LogP contribution >= 0.6 is 0 Å². The maximum Gasteiger partial charge on any atom is 0.257 e. The van der Waals surface area contributed by atoms with Gasteiger partial charge in [0.25, 0.3) is 5.91 Å². The molecular formula is C23H23N3O2. The van der Waals surface area contributed by atoms with Crippen molar-refractivity contribution < 1.29 is 9.53 Å². The number of nitrogens with zero attached hydrogens (tertiary/aromatic N) is 2. The van der Waals surface area contributed by atoms with Crippen LogP contribution < -0.4 is 10.1 Å². The third kappa shape index (κ3) is 4.31. The van der Waals surface area contributed by atoms with Gasteiger partial charge in [-0.3, -0.25) is 4.79 Å². The largest absolute Gasteiger partial charge is 0.457 e. The number of nitrogens with one attached hydrogen (secondary N) is 1. The van der Waals surface area contributed by atoms with Crippen LogP contribution in [0.5, 0.6) is 11.5 Å². The van der Waals surface area contributed by atoms with Crippen LogP contribution in [0, 0.1) is 0 Å². The summed E-state index contributed by atoms with van der Waals surface area (Å²) in [5.74, 6) is 2.17. The van der Waals surface area contributed by atoms with E-state index in [9.17, 15) is 4.79 Å². The standard InChI is InChI=1S/C23H23N3O2/c27-23(26-16-5-2-6-17-26)21-10-7-15-24-22(21)25-18-11-13-20(14-12-18)28-19-8-3-1-4-9-19/h1,3-4,7-15H,2,5-6,16-17H2,(H,24,25). The Morgan fingerprint density at radius 1 is 0.857 bits per heavy atom. The summed E-state index contributed by atoms with van der Waals surface area (Å²) >= 11 is 0. The van der Waals surface area contributed by atoms with E-state index in [1.165, 1.54) is 6.42 Å². The molecule has 0 spiro atoms. The molecule has 1 amide bonds. The van der Waals surface area contributed by atoms with Crippen molar-refractivity contribution in [1.82, 2.24) is 9.88 Å². The summed E-state index contributed by atoms with van der Waals surface area (Å²) in [5, 5.41) is 3.27. The van der Waals surface area contributed by atoms with E-state index in [4.69, 9.17) is 4.74 Å². The van der Waals surface area contributed by atoms with Crippen LogP contribution in [0.4, 0.5) is 11.5 Å². The summed E-state index contributed by atoms with van der Waals surface area (Å²) in [6.07, 6.45) is 5.02. The van der Waals surface area contributed by atoms with Gasteiger partial charge < -0.3 is 15.0 Å². The lowest BCUT2D eigenvalue weighted by molar-refractivity contribution is 0.0725. The fourth-order valence-electron chi connectivity index (χ4n) is 3.31. The Hall–Kier alpha value is -3.34. The number of piperidine rings is 1. The van der Waals surface area contributed by atoms with Crippen LogP contribution in [0.15, 0.2) is 72.9 Å². The molecule has 0 saturated carbocycles. The molecule has 1 saturated heterocycles. The number of hydrogen-bond acceptors (Lipinski definition) is 4. The molecule has 5 nitrogen and oxygen atoms in total. The molecule has 1 aliphatic heterocycles. The topological polar surface area (TPSA) is 54.5 Å². The number of ether oxygens (including phenoxy) is 1. The lowest BCUT2D eigenvalue weighted by atomic mass is 10.1. The SMILES string of the molecule is O=C(c1cccnc1Nc1ccc(Oc2ccccc2)cc1)N1CCCCC1. The number of benzene rings is 2. The highest BCUT2D eigenvalue weighted by Gasteiger charge is 2.21. The van der Waals surface area contributed by atoms with Crippen molar-refractivity contribution >= 4 is 17.4 Å². The zero-order chi connectivity index (χ0) is 19.2. The first kappa shape index (κ1) is 18.0. The molecule has 3 aromatic rings. The first-order valence-electron chi connectivity index (χ1n) is 9.64. The monoisotopic (exact) mass is 373 g/mol. The zero-order valence-corrected chi connectivity index (χ0v) is 15.7. The van der Waals surface area contributed by atoms with Gasteiger partial charge in [0.1, 0.15) is 17.3 Å². The first-order chi connectivity index (χ1) is 13.8. The van der Waals surface area contributed by atoms with E-state index >= 15 is 0 Å². The second kappa shape index (κ2) is 8.57. The van der Waals surface area contributed by atoms with Gasteiger partial charge in [0.05, 0.1) is 5.56 Å². The summed E-state index contributed by atoms with van der Waals surface area (Å²) in [6, 6.07) is 20.9. The highest BCUT2D eigenvalue weighted by molar-refractivity contribution is 5.99. The molecule has 1 fully saturated rings. The molecule has 0 aliphatic carbocycles. The molecule has 0 bridgehead atoms. The number of anilines is 2. The van der Waals surface area contributed by atoms with E-state index < -0.39 is 0 Å². The zero-order valence-electron chi connectivity index (χ0n) is 15.7. The van der Waals surface area contributed by atoms with Gasteiger partial charge in [-0.1, -0.05) is 18.2 Å². The number of rotatable bonds is 5. The van der Waals surface area contributed by atoms with Crippen LogP contribution in [-0.2, 0) is 0 Å². The van der Waals surface area contributed by atoms with E-state index in [1.54, 1.807) is 12.3 Å². The number of carbonyl (C=O) groups is 1. The molecule has 1 N–H and O–H groups in total. The molecule has 1 aliphatic rings. The second-order valence-corrected chi connectivity index (χ2v) is 6.82. The number of pyridine rings is 1. The molecule has 2 aromatic carbocycles. The average molecular weight is 373 g/mol. The van der Waals surface area contributed by atoms with Gasteiger partial charge in [-0.05, 0) is 67.8 Å². The highest BCUT2D eigenvalue weighted by atomic mass is 16.5. The summed E-state index contributed by atoms with van der Waals surface area (Å²) in [5.41, 5.74) is 1.46. The normalized spacial score (nSPS) is 13.8. The lowest BCUT2D eigenvalue weighted by Gasteiger charge is -2.27. The number of aromatic nitrogens is 1. The molecular weight excluding hydrogens is 350 g/mol. The van der Waals surface area contributed by atoms with Crippen molar-refractivity contribution in [2.24, 2.45) is 0 Å². The maximum absolute atomic E-state index is 12.9. The number of likely N-dealkylation sites (tertiary alicyclic amines) is 1. The molecule has 1 aromatic heterocycles. The quantitative estimate of drug-likeness (QED) is 0.664. The third-order valence-corrected chi connectivity index (χ3v) is 4.78. The molecule has 28 heavy (non-hydrogen) atoms. The molecule has 2 heterocycles. The maximum atomic E-state index is 12.9. The predicted molar refractivity (Wildman–Crippen MR) is 110 cm³/mol. The molecule has 0 atom stereocenters. The van der Waals surface area contributed by atoms with E-state index in [-0.39, 0.29) is 5.91 Å². The summed E-state index contributed by atoms with van der Waals surface area (Å²) in [7, 11) is 0. The molecule has 0 unspecified atom stereocenters. The van der Waals surface area contributed by atoms with E-state index in [0.717, 1.165) is 43.1 Å². The minimum Gasteiger partial charge on any atom is -0.457 e. The number of amides is 1. The second-order valence-electron chi connectivity index (χ2n) is 6.82. The van der Waals surface area contributed by atoms with Gasteiger partial charge in [-0.25, -0.2) is 4.98 Å². The predicted octanol–water partition coefficient (Wildman–Crippen LogP) is 5.24. The molecule has 5 heteroatoms. The van der Waals surface area contributed by atoms with Crippen LogP contribution in [-0.4, -0.2) is 28.9 Å². The highest BCUT2D eigenvalue weighted by Crippen LogP contribution is 2.25. The van der Waals surface area contributed by atoms with E-state index in [0.29, 0.717) is 11.4 Å². The fraction of sp³-hybridized carbons (Fsp3) is 0.217. The Morgan fingerprint density at radius 2 is 1.57 bits per heavy atom. The number of hydrogen-bond donors (Lipinski definition) is 1. The molecule has 4 rings (SSSR count). The van der Waals surface area contributed by atoms with E-state index in [2.05, 4.69) is 10.3 Å². The first-order valence-corrected chi connectivity index (χ1v) is 9.64. The van der Waals surface area contributed by atoms with Crippen molar-refractivity contribution in [2.75, 3.05) is 18.4 Å². The Labute approximate surface area is 165 Å². The van der Waals surface area contributed by atoms with Crippen LogP contribution in [0.3, 0.4) is 0 Å². The van der Waals surface area contributed by atoms with Gasteiger partial charge in [-0.2, -0.15) is 0 Å². The van der Waals surface area contributed by atoms with Crippen molar-refractivity contribution in [3.63, 3.8) is 0 Å². The van der Waals surface area contributed by atoms with Crippen molar-refractivity contribution in [1.29, 1.82) is 0 Å². The minimum absolute atomic E-state index is 0.0410. The molecule has 142 valence electrons. The lowest BCUT2D eigenvalue weighted by Crippen LogP contribution is -2.36. The summed E-state index contributed by atoms with van der Waals surface area (Å²) in [6.45, 7) is 1.64. The van der Waals surface area contributed by atoms with Crippen LogP contribution in [0.2, 0.25) is 0 Å². The number of para-hydroxylation sites is 1. The Morgan fingerprint density at radius 3 is 2.32 bits per heavy atom. The van der Waals surface area contributed by atoms with Gasteiger partial charge in [0, 0.05) is 25.0 Å². The Balaban J connectivity index is 1.47. The Kier molecular flexibility index (Phi) is 5.52. The van der Waals surface area contributed by atoms with Gasteiger partial charge in [0.15, 0.2) is 0 Å². The van der Waals surface area contributed by atoms with Crippen LogP contribution in [0.25, 0.3) is 0 Å². The minimum atomic E-state index is 0.0410. The summed E-state index contributed by atoms with van der Waals surface area (Å²) < 4.78 is 5.82. The Bertz CT molecular complexity index is 920. The third-order valence-electron chi connectivity index (χ3n) is 4.78. The van der Waals surface area contributed by atoms with Gasteiger partial charge in [-0.15, -0.1) is 0 Å². The van der Waals surface area contributed by atoms with Gasteiger partial charge in [0.2, 0.25) is 0 Å². The molecule has 0 radical (unpaired) electrons. The average Bonchev–Trinajstić information content (AvgIpc) is 2.76. The number of carbonyl (C=O) groups excluding carboxylic acids is 1. The smallest absolute Gasteiger partial charge is 0.257 e. The fourth-order valence-corrected chi connectivity index (χ4v) is 3.31. The van der Waals surface area contributed by atoms with Gasteiger partial charge >= 0.3 is 0 Å².